The van der Waals surface area contributed by atoms with Gasteiger partial charge in [0.05, 0.1) is 0 Å². The Hall–Kier alpha value is -1.92. The van der Waals surface area contributed by atoms with E-state index in [1.165, 1.54) is 4.90 Å². The van der Waals surface area contributed by atoms with E-state index >= 15 is 0 Å². The van der Waals surface area contributed by atoms with Crippen LogP contribution in [-0.2, 0) is 14.4 Å². The van der Waals surface area contributed by atoms with E-state index in [-0.39, 0.29) is 12.5 Å². The molecule has 1 aliphatic carbocycles. The van der Waals surface area contributed by atoms with Gasteiger partial charge in [0.25, 0.3) is 0 Å². The first-order valence-electron chi connectivity index (χ1n) is 7.26. The van der Waals surface area contributed by atoms with E-state index in [9.17, 15) is 19.2 Å². The molecule has 116 valence electrons. The summed E-state index contributed by atoms with van der Waals surface area (Å²) in [4.78, 5) is 50.8. The lowest BCUT2D eigenvalue weighted by molar-refractivity contribution is -0.154. The van der Waals surface area contributed by atoms with Crippen LogP contribution in [0.2, 0.25) is 0 Å². The second kappa shape index (κ2) is 5.83. The zero-order chi connectivity index (χ0) is 15.6. The predicted octanol–water partition coefficient (Wildman–Crippen LogP) is 0.494. The van der Waals surface area contributed by atoms with Crippen molar-refractivity contribution in [3.05, 3.63) is 0 Å². The van der Waals surface area contributed by atoms with Crippen molar-refractivity contribution in [1.82, 2.24) is 15.1 Å². The number of urea groups is 1. The van der Waals surface area contributed by atoms with Crippen molar-refractivity contribution in [3.63, 3.8) is 0 Å². The van der Waals surface area contributed by atoms with E-state index in [0.29, 0.717) is 12.8 Å². The molecule has 7 heteroatoms. The second-order valence-corrected chi connectivity index (χ2v) is 5.94. The SMILES string of the molecule is CN(C)C(=O)CN1C(=O)NC(=O)C2(CCCCCC2)C1=O. The van der Waals surface area contributed by atoms with Gasteiger partial charge in [-0.1, -0.05) is 25.7 Å². The topological polar surface area (TPSA) is 86.8 Å². The van der Waals surface area contributed by atoms with Crippen molar-refractivity contribution in [1.29, 1.82) is 0 Å². The molecular weight excluding hydrogens is 274 g/mol. The molecule has 0 bridgehead atoms. The van der Waals surface area contributed by atoms with Crippen LogP contribution in [0.4, 0.5) is 4.79 Å². The van der Waals surface area contributed by atoms with E-state index in [2.05, 4.69) is 5.32 Å². The van der Waals surface area contributed by atoms with Crippen LogP contribution in [-0.4, -0.2) is 54.2 Å². The largest absolute Gasteiger partial charge is 0.347 e. The quantitative estimate of drug-likeness (QED) is 0.751. The Bertz CT molecular complexity index is 479. The molecule has 1 aliphatic heterocycles. The summed E-state index contributed by atoms with van der Waals surface area (Å²) in [5.74, 6) is -1.38. The number of barbiturate groups is 1. The van der Waals surface area contributed by atoms with Crippen LogP contribution in [0.5, 0.6) is 0 Å². The summed E-state index contributed by atoms with van der Waals surface area (Å²) < 4.78 is 0. The van der Waals surface area contributed by atoms with Crippen molar-refractivity contribution >= 4 is 23.8 Å². The van der Waals surface area contributed by atoms with Crippen molar-refractivity contribution in [2.45, 2.75) is 38.5 Å². The highest BCUT2D eigenvalue weighted by molar-refractivity contribution is 6.19. The van der Waals surface area contributed by atoms with Crippen LogP contribution in [0.1, 0.15) is 38.5 Å². The summed E-state index contributed by atoms with van der Waals surface area (Å²) in [6, 6.07) is -0.796. The minimum atomic E-state index is -1.17. The smallest absolute Gasteiger partial charge is 0.331 e. The number of hydrogen-bond acceptors (Lipinski definition) is 4. The maximum Gasteiger partial charge on any atom is 0.331 e. The lowest BCUT2D eigenvalue weighted by Crippen LogP contribution is -2.65. The fourth-order valence-corrected chi connectivity index (χ4v) is 2.93. The van der Waals surface area contributed by atoms with Gasteiger partial charge in [-0.2, -0.15) is 0 Å². The number of nitrogens with one attached hydrogen (secondary N) is 1. The Morgan fingerprint density at radius 2 is 1.71 bits per heavy atom. The van der Waals surface area contributed by atoms with Gasteiger partial charge in [0.15, 0.2) is 0 Å². The van der Waals surface area contributed by atoms with Gasteiger partial charge in [0, 0.05) is 14.1 Å². The molecule has 2 fully saturated rings. The molecule has 1 saturated heterocycles. The zero-order valence-corrected chi connectivity index (χ0v) is 12.5. The third-order valence-corrected chi connectivity index (χ3v) is 4.30. The Kier molecular flexibility index (Phi) is 4.29. The maximum absolute atomic E-state index is 12.7. The normalized spacial score (nSPS) is 22.0. The summed E-state index contributed by atoms with van der Waals surface area (Å²) in [7, 11) is 3.11. The molecule has 0 aromatic heterocycles. The van der Waals surface area contributed by atoms with Crippen LogP contribution < -0.4 is 5.32 Å². The van der Waals surface area contributed by atoms with Gasteiger partial charge in [-0.25, -0.2) is 4.79 Å². The molecular formula is C14H21N3O4. The van der Waals surface area contributed by atoms with Crippen molar-refractivity contribution in [3.8, 4) is 0 Å². The number of carbonyl (C=O) groups excluding carboxylic acids is 4. The molecule has 5 amide bonds. The van der Waals surface area contributed by atoms with Gasteiger partial charge in [-0.15, -0.1) is 0 Å². The summed E-state index contributed by atoms with van der Waals surface area (Å²) in [6.45, 7) is -0.327. The van der Waals surface area contributed by atoms with Crippen LogP contribution >= 0.6 is 0 Å². The molecule has 0 aromatic rings. The average molecular weight is 295 g/mol. The third-order valence-electron chi connectivity index (χ3n) is 4.30. The Morgan fingerprint density at radius 1 is 1.14 bits per heavy atom. The van der Waals surface area contributed by atoms with E-state index in [4.69, 9.17) is 0 Å². The molecule has 0 radical (unpaired) electrons. The highest BCUT2D eigenvalue weighted by Gasteiger charge is 2.53. The number of likely N-dealkylation sites (N-methyl/N-ethyl adjacent to an activating group) is 1. The van der Waals surface area contributed by atoms with E-state index < -0.39 is 23.3 Å². The van der Waals surface area contributed by atoms with Crippen molar-refractivity contribution in [2.75, 3.05) is 20.6 Å². The minimum absolute atomic E-state index is 0.327. The van der Waals surface area contributed by atoms with Crippen molar-refractivity contribution < 1.29 is 19.2 Å². The maximum atomic E-state index is 12.7. The Labute approximate surface area is 123 Å². The van der Waals surface area contributed by atoms with Gasteiger partial charge in [-0.3, -0.25) is 24.6 Å². The van der Waals surface area contributed by atoms with Crippen molar-refractivity contribution in [2.24, 2.45) is 5.41 Å². The fraction of sp³-hybridized carbons (Fsp3) is 0.714. The summed E-state index contributed by atoms with van der Waals surface area (Å²) in [6.07, 6.45) is 4.40. The molecule has 2 aliphatic rings. The molecule has 0 unspecified atom stereocenters. The number of carbonyl (C=O) groups is 4. The molecule has 21 heavy (non-hydrogen) atoms. The highest BCUT2D eigenvalue weighted by atomic mass is 16.2. The molecule has 1 heterocycles. The summed E-state index contributed by atoms with van der Waals surface area (Å²) in [5, 5.41) is 2.25. The van der Waals surface area contributed by atoms with Gasteiger partial charge < -0.3 is 4.90 Å². The first-order chi connectivity index (χ1) is 9.88. The molecule has 7 nitrogen and oxygen atoms in total. The molecule has 2 rings (SSSR count). The monoisotopic (exact) mass is 295 g/mol. The highest BCUT2D eigenvalue weighted by Crippen LogP contribution is 2.39. The first kappa shape index (κ1) is 15.5. The number of amides is 5. The zero-order valence-electron chi connectivity index (χ0n) is 12.5. The molecule has 0 aromatic carbocycles. The number of nitrogens with zero attached hydrogens (tertiary/aromatic N) is 2. The Morgan fingerprint density at radius 3 is 2.24 bits per heavy atom. The summed E-state index contributed by atoms with van der Waals surface area (Å²) >= 11 is 0. The van der Waals surface area contributed by atoms with Gasteiger partial charge >= 0.3 is 6.03 Å². The van der Waals surface area contributed by atoms with Gasteiger partial charge in [-0.05, 0) is 12.8 Å². The van der Waals surface area contributed by atoms with E-state index in [0.717, 1.165) is 30.6 Å². The summed E-state index contributed by atoms with van der Waals surface area (Å²) in [5.41, 5.74) is -1.17. The first-order valence-corrected chi connectivity index (χ1v) is 7.26. The van der Waals surface area contributed by atoms with E-state index in [1.54, 1.807) is 14.1 Å². The number of hydrogen-bond donors (Lipinski definition) is 1. The minimum Gasteiger partial charge on any atom is -0.347 e. The van der Waals surface area contributed by atoms with Crippen LogP contribution in [0.25, 0.3) is 0 Å². The molecule has 0 atom stereocenters. The fourth-order valence-electron chi connectivity index (χ4n) is 2.93. The van der Waals surface area contributed by atoms with E-state index in [1.807, 2.05) is 0 Å². The van der Waals surface area contributed by atoms with Crippen LogP contribution in [0.15, 0.2) is 0 Å². The molecule has 1 spiro atoms. The third kappa shape index (κ3) is 2.77. The second-order valence-electron chi connectivity index (χ2n) is 5.94. The molecule has 1 saturated carbocycles. The van der Waals surface area contributed by atoms with Crippen LogP contribution in [0.3, 0.4) is 0 Å². The molecule has 1 N–H and O–H groups in total. The van der Waals surface area contributed by atoms with Crippen LogP contribution in [0, 0.1) is 5.41 Å². The number of rotatable bonds is 2. The van der Waals surface area contributed by atoms with Gasteiger partial charge in [0.1, 0.15) is 12.0 Å². The lowest BCUT2D eigenvalue weighted by atomic mass is 9.77. The lowest BCUT2D eigenvalue weighted by Gasteiger charge is -2.38. The average Bonchev–Trinajstić information content (AvgIpc) is 2.68. The number of imide groups is 2. The standard InChI is InChI=1S/C14H21N3O4/c1-16(2)10(18)9-17-12(20)14(11(19)15-13(17)21)7-5-3-4-6-8-14/h3-9H2,1-2H3,(H,15,19,21). The van der Waals surface area contributed by atoms with Gasteiger partial charge in [0.2, 0.25) is 17.7 Å². The predicted molar refractivity (Wildman–Crippen MR) is 74.1 cm³/mol. The Balaban J connectivity index is 2.26.